The van der Waals surface area contributed by atoms with Crippen LogP contribution in [0.5, 0.6) is 0 Å². The average Bonchev–Trinajstić information content (AvgIpc) is 2.81. The molecule has 0 saturated heterocycles. The van der Waals surface area contributed by atoms with Gasteiger partial charge >= 0.3 is 0 Å². The van der Waals surface area contributed by atoms with Gasteiger partial charge in [-0.05, 0) is 31.0 Å². The van der Waals surface area contributed by atoms with Crippen LogP contribution < -0.4 is 5.73 Å². The highest BCUT2D eigenvalue weighted by molar-refractivity contribution is 5.67. The summed E-state index contributed by atoms with van der Waals surface area (Å²) >= 11 is 0. The minimum Gasteiger partial charge on any atom is -0.384 e. The molecule has 3 aromatic rings. The Balaban J connectivity index is 2.13. The number of anilines is 1. The monoisotopic (exact) mass is 263 g/mol. The molecule has 0 aliphatic carbocycles. The lowest BCUT2D eigenvalue weighted by atomic mass is 10.1. The first-order valence-corrected chi connectivity index (χ1v) is 6.64. The van der Waals surface area contributed by atoms with Crippen LogP contribution in [0.1, 0.15) is 11.1 Å². The Morgan fingerprint density at radius 2 is 1.55 bits per heavy atom. The smallest absolute Gasteiger partial charge is 0.127 e. The van der Waals surface area contributed by atoms with E-state index in [-0.39, 0.29) is 0 Å². The fraction of sp³-hybridized carbons (Fsp3) is 0.118. The Kier molecular flexibility index (Phi) is 3.03. The molecule has 100 valence electrons. The maximum atomic E-state index is 6.13. The van der Waals surface area contributed by atoms with E-state index < -0.39 is 0 Å². The van der Waals surface area contributed by atoms with E-state index in [2.05, 4.69) is 37.1 Å². The van der Waals surface area contributed by atoms with Gasteiger partial charge in [-0.2, -0.15) is 5.10 Å². The van der Waals surface area contributed by atoms with E-state index in [0.717, 1.165) is 22.5 Å². The zero-order valence-corrected chi connectivity index (χ0v) is 11.7. The minimum absolute atomic E-state index is 0.651. The predicted molar refractivity (Wildman–Crippen MR) is 82.9 cm³/mol. The summed E-state index contributed by atoms with van der Waals surface area (Å²) in [7, 11) is 0. The molecular weight excluding hydrogens is 246 g/mol. The SMILES string of the molecule is Cc1ccccc1-c1cc(N)n(-c2ccccc2C)n1. The van der Waals surface area contributed by atoms with E-state index in [4.69, 9.17) is 5.73 Å². The number of para-hydroxylation sites is 1. The third-order valence-corrected chi connectivity index (χ3v) is 3.50. The molecular formula is C17H17N3. The molecule has 3 heteroatoms. The summed E-state index contributed by atoms with van der Waals surface area (Å²) in [6.45, 7) is 4.14. The molecule has 0 fully saturated rings. The second kappa shape index (κ2) is 4.85. The van der Waals surface area contributed by atoms with Crippen LogP contribution in [-0.4, -0.2) is 9.78 Å². The Labute approximate surface area is 118 Å². The second-order valence-corrected chi connectivity index (χ2v) is 4.97. The van der Waals surface area contributed by atoms with Gasteiger partial charge in [-0.3, -0.25) is 0 Å². The van der Waals surface area contributed by atoms with Crippen molar-refractivity contribution in [2.24, 2.45) is 0 Å². The molecule has 0 atom stereocenters. The standard InChI is InChI=1S/C17H17N3/c1-12-7-3-5-9-14(12)15-11-17(18)20(19-15)16-10-6-4-8-13(16)2/h3-11H,18H2,1-2H3. The quantitative estimate of drug-likeness (QED) is 0.765. The van der Waals surface area contributed by atoms with Gasteiger partial charge in [0.1, 0.15) is 5.82 Å². The maximum Gasteiger partial charge on any atom is 0.127 e. The first-order chi connectivity index (χ1) is 9.66. The summed E-state index contributed by atoms with van der Waals surface area (Å²) in [5.41, 5.74) is 11.5. The molecule has 0 saturated carbocycles. The van der Waals surface area contributed by atoms with Crippen molar-refractivity contribution < 1.29 is 0 Å². The van der Waals surface area contributed by atoms with E-state index in [9.17, 15) is 0 Å². The maximum absolute atomic E-state index is 6.13. The van der Waals surface area contributed by atoms with Crippen LogP contribution >= 0.6 is 0 Å². The van der Waals surface area contributed by atoms with Crippen molar-refractivity contribution in [1.82, 2.24) is 9.78 Å². The van der Waals surface area contributed by atoms with E-state index in [0.29, 0.717) is 5.82 Å². The van der Waals surface area contributed by atoms with E-state index in [1.54, 1.807) is 4.68 Å². The molecule has 2 N–H and O–H groups in total. The van der Waals surface area contributed by atoms with Crippen molar-refractivity contribution in [3.8, 4) is 16.9 Å². The zero-order valence-electron chi connectivity index (χ0n) is 11.7. The van der Waals surface area contributed by atoms with Crippen molar-refractivity contribution in [2.75, 3.05) is 5.73 Å². The summed E-state index contributed by atoms with van der Waals surface area (Å²) in [6, 6.07) is 18.2. The number of nitrogens with two attached hydrogens (primary N) is 1. The summed E-state index contributed by atoms with van der Waals surface area (Å²) in [6.07, 6.45) is 0. The third-order valence-electron chi connectivity index (χ3n) is 3.50. The van der Waals surface area contributed by atoms with Crippen molar-refractivity contribution in [3.63, 3.8) is 0 Å². The Morgan fingerprint density at radius 1 is 0.900 bits per heavy atom. The summed E-state index contributed by atoms with van der Waals surface area (Å²) < 4.78 is 1.80. The van der Waals surface area contributed by atoms with Gasteiger partial charge < -0.3 is 5.73 Å². The molecule has 3 nitrogen and oxygen atoms in total. The fourth-order valence-electron chi connectivity index (χ4n) is 2.38. The molecule has 0 aliphatic heterocycles. The molecule has 20 heavy (non-hydrogen) atoms. The average molecular weight is 263 g/mol. The first-order valence-electron chi connectivity index (χ1n) is 6.64. The van der Waals surface area contributed by atoms with Crippen LogP contribution in [0.25, 0.3) is 16.9 Å². The number of nitrogen functional groups attached to an aromatic ring is 1. The highest BCUT2D eigenvalue weighted by Crippen LogP contribution is 2.26. The molecule has 0 unspecified atom stereocenters. The molecule has 0 amide bonds. The van der Waals surface area contributed by atoms with Gasteiger partial charge in [0.2, 0.25) is 0 Å². The highest BCUT2D eigenvalue weighted by atomic mass is 15.3. The fourth-order valence-corrected chi connectivity index (χ4v) is 2.38. The third kappa shape index (κ3) is 2.07. The first kappa shape index (κ1) is 12.5. The molecule has 3 rings (SSSR count). The normalized spacial score (nSPS) is 10.7. The van der Waals surface area contributed by atoms with Gasteiger partial charge in [-0.1, -0.05) is 42.5 Å². The molecule has 0 aliphatic rings. The number of hydrogen-bond acceptors (Lipinski definition) is 2. The van der Waals surface area contributed by atoms with Gasteiger partial charge in [-0.25, -0.2) is 4.68 Å². The van der Waals surface area contributed by atoms with Crippen LogP contribution in [0, 0.1) is 13.8 Å². The van der Waals surface area contributed by atoms with Gasteiger partial charge in [0.25, 0.3) is 0 Å². The largest absolute Gasteiger partial charge is 0.384 e. The van der Waals surface area contributed by atoms with Gasteiger partial charge in [-0.15, -0.1) is 0 Å². The lowest BCUT2D eigenvalue weighted by molar-refractivity contribution is 0.887. The summed E-state index contributed by atoms with van der Waals surface area (Å²) in [5.74, 6) is 0.651. The Hall–Kier alpha value is -2.55. The second-order valence-electron chi connectivity index (χ2n) is 4.97. The molecule has 2 aromatic carbocycles. The van der Waals surface area contributed by atoms with E-state index >= 15 is 0 Å². The van der Waals surface area contributed by atoms with Gasteiger partial charge in [0, 0.05) is 11.6 Å². The topological polar surface area (TPSA) is 43.8 Å². The molecule has 1 aromatic heterocycles. The van der Waals surface area contributed by atoms with E-state index in [1.807, 2.05) is 36.4 Å². The van der Waals surface area contributed by atoms with Crippen LogP contribution in [-0.2, 0) is 0 Å². The molecule has 0 bridgehead atoms. The van der Waals surface area contributed by atoms with E-state index in [1.165, 1.54) is 5.56 Å². The zero-order chi connectivity index (χ0) is 14.1. The van der Waals surface area contributed by atoms with Gasteiger partial charge in [0.15, 0.2) is 0 Å². The predicted octanol–water partition coefficient (Wildman–Crippen LogP) is 3.74. The summed E-state index contributed by atoms with van der Waals surface area (Å²) in [4.78, 5) is 0. The van der Waals surface area contributed by atoms with Gasteiger partial charge in [0.05, 0.1) is 11.4 Å². The number of rotatable bonds is 2. The van der Waals surface area contributed by atoms with Crippen molar-refractivity contribution in [1.29, 1.82) is 0 Å². The summed E-state index contributed by atoms with van der Waals surface area (Å²) in [5, 5.41) is 4.66. The number of hydrogen-bond donors (Lipinski definition) is 1. The van der Waals surface area contributed by atoms with Crippen molar-refractivity contribution in [2.45, 2.75) is 13.8 Å². The number of nitrogens with zero attached hydrogens (tertiary/aromatic N) is 2. The Bertz CT molecular complexity index is 756. The lowest BCUT2D eigenvalue weighted by Gasteiger charge is -2.07. The number of aryl methyl sites for hydroxylation is 2. The number of benzene rings is 2. The van der Waals surface area contributed by atoms with Crippen molar-refractivity contribution >= 4 is 5.82 Å². The molecule has 1 heterocycles. The Morgan fingerprint density at radius 3 is 2.25 bits per heavy atom. The van der Waals surface area contributed by atoms with Crippen LogP contribution in [0.3, 0.4) is 0 Å². The number of aromatic nitrogens is 2. The minimum atomic E-state index is 0.651. The van der Waals surface area contributed by atoms with Crippen molar-refractivity contribution in [3.05, 3.63) is 65.7 Å². The highest BCUT2D eigenvalue weighted by Gasteiger charge is 2.11. The van der Waals surface area contributed by atoms with Crippen LogP contribution in [0.4, 0.5) is 5.82 Å². The van der Waals surface area contributed by atoms with Crippen LogP contribution in [0.2, 0.25) is 0 Å². The molecule has 0 radical (unpaired) electrons. The molecule has 0 spiro atoms. The van der Waals surface area contributed by atoms with Crippen LogP contribution in [0.15, 0.2) is 54.6 Å². The lowest BCUT2D eigenvalue weighted by Crippen LogP contribution is -2.03.